The predicted octanol–water partition coefficient (Wildman–Crippen LogP) is 4.03. The lowest BCUT2D eigenvalue weighted by molar-refractivity contribution is -0.121. The van der Waals surface area contributed by atoms with Crippen LogP contribution in [0.25, 0.3) is 0 Å². The average molecular weight is 467 g/mol. The van der Waals surface area contributed by atoms with Gasteiger partial charge in [0.2, 0.25) is 5.91 Å². The van der Waals surface area contributed by atoms with Crippen molar-refractivity contribution >= 4 is 28.3 Å². The number of hydrogen-bond donors (Lipinski definition) is 2. The van der Waals surface area contributed by atoms with Crippen LogP contribution in [0.1, 0.15) is 41.0 Å². The molecule has 1 aliphatic rings. The molecule has 4 rings (SSSR count). The maximum atomic E-state index is 13.8. The Kier molecular flexibility index (Phi) is 6.85. The van der Waals surface area contributed by atoms with E-state index in [9.17, 15) is 14.0 Å². The minimum Gasteiger partial charge on any atom is -0.354 e. The fourth-order valence-corrected chi connectivity index (χ4v) is 4.63. The van der Waals surface area contributed by atoms with Crippen LogP contribution < -0.4 is 10.6 Å². The molecule has 2 aromatic carbocycles. The molecule has 1 aromatic heterocycles. The lowest BCUT2D eigenvalue weighted by atomic mass is 9.94. The van der Waals surface area contributed by atoms with Gasteiger partial charge in [0.25, 0.3) is 5.91 Å². The maximum Gasteiger partial charge on any atom is 0.260 e. The van der Waals surface area contributed by atoms with E-state index in [-0.39, 0.29) is 23.4 Å². The van der Waals surface area contributed by atoms with Crippen LogP contribution in [-0.2, 0) is 24.2 Å². The molecule has 172 valence electrons. The molecule has 0 aliphatic carbocycles. The zero-order valence-corrected chi connectivity index (χ0v) is 19.5. The Morgan fingerprint density at radius 2 is 1.85 bits per heavy atom. The van der Waals surface area contributed by atoms with Gasteiger partial charge in [0, 0.05) is 30.6 Å². The van der Waals surface area contributed by atoms with E-state index in [0.29, 0.717) is 17.4 Å². The molecule has 33 heavy (non-hydrogen) atoms. The molecule has 0 unspecified atom stereocenters. The molecule has 0 atom stereocenters. The number of carbonyl (C=O) groups is 2. The number of nitrogens with one attached hydrogen (secondary N) is 2. The number of amides is 2. The summed E-state index contributed by atoms with van der Waals surface area (Å²) in [5.74, 6) is -1.29. The normalized spacial score (nSPS) is 13.9. The Morgan fingerprint density at radius 1 is 1.12 bits per heavy atom. The van der Waals surface area contributed by atoms with Crippen LogP contribution in [0, 0.1) is 5.82 Å². The van der Waals surface area contributed by atoms with Gasteiger partial charge in [-0.25, -0.2) is 9.37 Å². The highest BCUT2D eigenvalue weighted by Crippen LogP contribution is 2.25. The minimum absolute atomic E-state index is 0.0467. The van der Waals surface area contributed by atoms with Crippen LogP contribution in [-0.4, -0.2) is 40.3 Å². The summed E-state index contributed by atoms with van der Waals surface area (Å²) < 4.78 is 13.8. The zero-order chi connectivity index (χ0) is 23.4. The summed E-state index contributed by atoms with van der Waals surface area (Å²) in [6, 6.07) is 14.3. The Labute approximate surface area is 196 Å². The third-order valence-corrected chi connectivity index (χ3v) is 6.74. The molecule has 2 N–H and O–H groups in total. The summed E-state index contributed by atoms with van der Waals surface area (Å²) >= 11 is 1.21. The summed E-state index contributed by atoms with van der Waals surface area (Å²) in [7, 11) is 0. The highest BCUT2D eigenvalue weighted by molar-refractivity contribution is 7.14. The topological polar surface area (TPSA) is 74.3 Å². The first-order valence-corrected chi connectivity index (χ1v) is 11.8. The van der Waals surface area contributed by atoms with Gasteiger partial charge < -0.3 is 5.32 Å². The largest absolute Gasteiger partial charge is 0.354 e. The fraction of sp³-hybridized carbons (Fsp3) is 0.320. The maximum absolute atomic E-state index is 13.8. The van der Waals surface area contributed by atoms with Crippen LogP contribution in [0.3, 0.4) is 0 Å². The van der Waals surface area contributed by atoms with Gasteiger partial charge >= 0.3 is 0 Å². The van der Waals surface area contributed by atoms with Crippen molar-refractivity contribution in [1.82, 2.24) is 15.2 Å². The number of anilines is 1. The summed E-state index contributed by atoms with van der Waals surface area (Å²) in [6.45, 7) is 6.63. The van der Waals surface area contributed by atoms with E-state index in [1.54, 1.807) is 11.4 Å². The number of thiazole rings is 1. The van der Waals surface area contributed by atoms with Crippen LogP contribution in [0.15, 0.2) is 53.9 Å². The second kappa shape index (κ2) is 9.80. The van der Waals surface area contributed by atoms with Crippen molar-refractivity contribution in [3.63, 3.8) is 0 Å². The van der Waals surface area contributed by atoms with E-state index in [4.69, 9.17) is 0 Å². The van der Waals surface area contributed by atoms with Crippen molar-refractivity contribution in [2.24, 2.45) is 0 Å². The summed E-state index contributed by atoms with van der Waals surface area (Å²) in [6.07, 6.45) is 1.12. The van der Waals surface area contributed by atoms with Gasteiger partial charge in [-0.15, -0.1) is 11.3 Å². The number of aromatic nitrogens is 1. The van der Waals surface area contributed by atoms with E-state index < -0.39 is 11.7 Å². The first kappa shape index (κ1) is 23.1. The van der Waals surface area contributed by atoms with Gasteiger partial charge in [-0.3, -0.25) is 19.8 Å². The summed E-state index contributed by atoms with van der Waals surface area (Å²) in [4.78, 5) is 31.5. The monoisotopic (exact) mass is 466 g/mol. The molecule has 0 radical (unpaired) electrons. The van der Waals surface area contributed by atoms with Crippen molar-refractivity contribution < 1.29 is 14.0 Å². The van der Waals surface area contributed by atoms with Gasteiger partial charge in [0.05, 0.1) is 17.7 Å². The first-order valence-electron chi connectivity index (χ1n) is 10.9. The molecule has 2 amide bonds. The third kappa shape index (κ3) is 5.64. The van der Waals surface area contributed by atoms with Gasteiger partial charge in [0.15, 0.2) is 5.13 Å². The quantitative estimate of drug-likeness (QED) is 0.551. The summed E-state index contributed by atoms with van der Waals surface area (Å²) in [5, 5.41) is 7.67. The average Bonchev–Trinajstić information content (AvgIpc) is 3.24. The van der Waals surface area contributed by atoms with Crippen molar-refractivity contribution in [1.29, 1.82) is 0 Å². The van der Waals surface area contributed by atoms with Crippen molar-refractivity contribution in [2.45, 2.75) is 38.8 Å². The molecule has 0 saturated carbocycles. The molecule has 0 saturated heterocycles. The standard InChI is InChI=1S/C25H27FN4O2S/c1-25(2,30-12-11-17-7-3-4-8-18(17)14-30)16-27-22(31)13-19-15-33-24(28-19)29-23(32)20-9-5-6-10-21(20)26/h3-10,15H,11-14,16H2,1-2H3,(H,27,31)(H,28,29,32). The number of hydrogen-bond acceptors (Lipinski definition) is 5. The molecule has 6 nitrogen and oxygen atoms in total. The van der Waals surface area contributed by atoms with Crippen molar-refractivity contribution in [2.75, 3.05) is 18.4 Å². The molecular weight excluding hydrogens is 439 g/mol. The third-order valence-electron chi connectivity index (χ3n) is 5.94. The second-order valence-corrected chi connectivity index (χ2v) is 9.64. The number of fused-ring (bicyclic) bond motifs is 1. The Bertz CT molecular complexity index is 1160. The van der Waals surface area contributed by atoms with Crippen LogP contribution >= 0.6 is 11.3 Å². The lowest BCUT2D eigenvalue weighted by Crippen LogP contribution is -2.53. The Balaban J connectivity index is 1.28. The number of nitrogens with zero attached hydrogens (tertiary/aromatic N) is 2. The van der Waals surface area contributed by atoms with Gasteiger partial charge in [-0.1, -0.05) is 36.4 Å². The van der Waals surface area contributed by atoms with Crippen LogP contribution in [0.5, 0.6) is 0 Å². The number of rotatable bonds is 7. The molecule has 2 heterocycles. The molecule has 8 heteroatoms. The molecule has 1 aliphatic heterocycles. The minimum atomic E-state index is -0.592. The lowest BCUT2D eigenvalue weighted by Gasteiger charge is -2.41. The summed E-state index contributed by atoms with van der Waals surface area (Å²) in [5.41, 5.74) is 3.07. The second-order valence-electron chi connectivity index (χ2n) is 8.78. The molecular formula is C25H27FN4O2S. The molecule has 0 bridgehead atoms. The smallest absolute Gasteiger partial charge is 0.260 e. The van der Waals surface area contributed by atoms with Crippen molar-refractivity contribution in [3.8, 4) is 0 Å². The van der Waals surface area contributed by atoms with Crippen molar-refractivity contribution in [3.05, 3.63) is 82.1 Å². The van der Waals surface area contributed by atoms with E-state index >= 15 is 0 Å². The first-order chi connectivity index (χ1) is 15.8. The van der Waals surface area contributed by atoms with Crippen LogP contribution in [0.4, 0.5) is 9.52 Å². The van der Waals surface area contributed by atoms with Crippen LogP contribution in [0.2, 0.25) is 0 Å². The number of halogens is 1. The van der Waals surface area contributed by atoms with E-state index in [2.05, 4.69) is 58.6 Å². The zero-order valence-electron chi connectivity index (χ0n) is 18.7. The molecule has 0 fully saturated rings. The van der Waals surface area contributed by atoms with E-state index in [0.717, 1.165) is 19.5 Å². The number of benzene rings is 2. The Morgan fingerprint density at radius 3 is 2.64 bits per heavy atom. The SMILES string of the molecule is CC(C)(CNC(=O)Cc1csc(NC(=O)c2ccccc2F)n1)N1CCc2ccccc2C1. The molecule has 3 aromatic rings. The fourth-order valence-electron chi connectivity index (χ4n) is 3.92. The van der Waals surface area contributed by atoms with Gasteiger partial charge in [-0.05, 0) is 43.5 Å². The Hall–Kier alpha value is -3.10. The van der Waals surface area contributed by atoms with Gasteiger partial charge in [0.1, 0.15) is 5.82 Å². The highest BCUT2D eigenvalue weighted by atomic mass is 32.1. The predicted molar refractivity (Wildman–Crippen MR) is 128 cm³/mol. The molecule has 0 spiro atoms. The number of carbonyl (C=O) groups excluding carboxylic acids is 2. The van der Waals surface area contributed by atoms with E-state index in [1.807, 2.05) is 0 Å². The van der Waals surface area contributed by atoms with Gasteiger partial charge in [-0.2, -0.15) is 0 Å². The highest BCUT2D eigenvalue weighted by Gasteiger charge is 2.30. The van der Waals surface area contributed by atoms with E-state index in [1.165, 1.54) is 40.7 Å².